The number of hydrogen-bond acceptors (Lipinski definition) is 4. The highest BCUT2D eigenvalue weighted by Gasteiger charge is 2.19. The normalized spacial score (nSPS) is 11.4. The summed E-state index contributed by atoms with van der Waals surface area (Å²) in [5.74, 6) is 3.08. The number of benzene rings is 2. The number of halogens is 1. The van der Waals surface area contributed by atoms with Crippen LogP contribution in [0.4, 0.5) is 4.39 Å². The summed E-state index contributed by atoms with van der Waals surface area (Å²) in [6.45, 7) is 2.86. The highest BCUT2D eigenvalue weighted by molar-refractivity contribution is 5.81. The smallest absolute Gasteiger partial charge is 0.249 e. The molecule has 1 atom stereocenters. The Kier molecular flexibility index (Phi) is 9.00. The summed E-state index contributed by atoms with van der Waals surface area (Å²) in [7, 11) is 1.56. The van der Waals surface area contributed by atoms with Crippen LogP contribution in [0, 0.1) is 18.2 Å². The zero-order chi connectivity index (χ0) is 21.1. The number of amides is 1. The van der Waals surface area contributed by atoms with E-state index in [0.717, 1.165) is 11.1 Å². The van der Waals surface area contributed by atoms with E-state index in [1.54, 1.807) is 25.3 Å². The van der Waals surface area contributed by atoms with Gasteiger partial charge < -0.3 is 19.5 Å². The molecule has 2 rings (SSSR count). The molecule has 0 bridgehead atoms. The molecule has 2 aromatic rings. The van der Waals surface area contributed by atoms with E-state index in [0.29, 0.717) is 37.5 Å². The van der Waals surface area contributed by atoms with E-state index in [1.807, 2.05) is 19.1 Å². The van der Waals surface area contributed by atoms with Crippen molar-refractivity contribution in [1.29, 1.82) is 0 Å². The number of hydrogen-bond donors (Lipinski definition) is 1. The van der Waals surface area contributed by atoms with Crippen molar-refractivity contribution in [1.82, 2.24) is 5.32 Å². The number of terminal acetylenes is 1. The molecule has 0 spiro atoms. The van der Waals surface area contributed by atoms with Crippen molar-refractivity contribution in [2.75, 3.05) is 26.9 Å². The van der Waals surface area contributed by atoms with E-state index in [1.165, 1.54) is 12.1 Å². The Labute approximate surface area is 171 Å². The molecular weight excluding hydrogens is 373 g/mol. The van der Waals surface area contributed by atoms with Gasteiger partial charge in [0.25, 0.3) is 0 Å². The van der Waals surface area contributed by atoms with Crippen molar-refractivity contribution in [3.05, 3.63) is 59.4 Å². The Hall–Kier alpha value is -3.04. The third kappa shape index (κ3) is 7.13. The van der Waals surface area contributed by atoms with Crippen LogP contribution in [0.5, 0.6) is 11.5 Å². The molecule has 0 unspecified atom stereocenters. The van der Waals surface area contributed by atoms with Gasteiger partial charge >= 0.3 is 0 Å². The first-order chi connectivity index (χ1) is 14.1. The maximum Gasteiger partial charge on any atom is 0.249 e. The largest absolute Gasteiger partial charge is 0.493 e. The van der Waals surface area contributed by atoms with Crippen LogP contribution in [0.25, 0.3) is 0 Å². The second-order valence-electron chi connectivity index (χ2n) is 6.29. The molecule has 6 heteroatoms. The summed E-state index contributed by atoms with van der Waals surface area (Å²) in [6.07, 6.45) is 5.59. The first-order valence-electron chi connectivity index (χ1n) is 9.44. The molecule has 0 fully saturated rings. The number of nitrogens with one attached hydrogen (secondary N) is 1. The van der Waals surface area contributed by atoms with Gasteiger partial charge in [-0.05, 0) is 48.7 Å². The third-order valence-corrected chi connectivity index (χ3v) is 4.25. The topological polar surface area (TPSA) is 56.8 Å². The molecule has 1 N–H and O–H groups in total. The SMILES string of the molecule is C#CCOc1ccc(CCNC(=O)[C@H](Cc2ccc(F)cc2)OCC)cc1OC. The van der Waals surface area contributed by atoms with Gasteiger partial charge in [0.1, 0.15) is 18.5 Å². The molecule has 29 heavy (non-hydrogen) atoms. The minimum absolute atomic E-state index is 0.165. The third-order valence-electron chi connectivity index (χ3n) is 4.25. The average Bonchev–Trinajstić information content (AvgIpc) is 2.73. The summed E-state index contributed by atoms with van der Waals surface area (Å²) < 4.78 is 29.4. The van der Waals surface area contributed by atoms with Gasteiger partial charge in [-0.25, -0.2) is 4.39 Å². The summed E-state index contributed by atoms with van der Waals surface area (Å²) in [5, 5.41) is 2.90. The molecule has 2 aromatic carbocycles. The van der Waals surface area contributed by atoms with E-state index in [4.69, 9.17) is 20.6 Å². The molecule has 0 saturated heterocycles. The first-order valence-corrected chi connectivity index (χ1v) is 9.44. The quantitative estimate of drug-likeness (QED) is 0.590. The van der Waals surface area contributed by atoms with Gasteiger partial charge in [0, 0.05) is 19.6 Å². The molecule has 0 heterocycles. The summed E-state index contributed by atoms with van der Waals surface area (Å²) in [6, 6.07) is 11.6. The van der Waals surface area contributed by atoms with Crippen LogP contribution in [0.3, 0.4) is 0 Å². The summed E-state index contributed by atoms with van der Waals surface area (Å²) in [4.78, 5) is 12.5. The minimum atomic E-state index is -0.625. The second-order valence-corrected chi connectivity index (χ2v) is 6.29. The lowest BCUT2D eigenvalue weighted by Gasteiger charge is -2.17. The van der Waals surface area contributed by atoms with Crippen LogP contribution in [-0.2, 0) is 22.4 Å². The van der Waals surface area contributed by atoms with Gasteiger partial charge in [0.15, 0.2) is 11.5 Å². The number of methoxy groups -OCH3 is 1. The van der Waals surface area contributed by atoms with Crippen LogP contribution in [0.2, 0.25) is 0 Å². The van der Waals surface area contributed by atoms with Crippen LogP contribution in [-0.4, -0.2) is 38.9 Å². The Bertz CT molecular complexity index is 830. The average molecular weight is 399 g/mol. The van der Waals surface area contributed by atoms with E-state index >= 15 is 0 Å². The van der Waals surface area contributed by atoms with Crippen molar-refractivity contribution in [3.63, 3.8) is 0 Å². The molecular formula is C23H26FNO4. The Balaban J connectivity index is 1.90. The van der Waals surface area contributed by atoms with Crippen molar-refractivity contribution in [2.45, 2.75) is 25.9 Å². The predicted octanol–water partition coefficient (Wildman–Crippen LogP) is 3.15. The standard InChI is InChI=1S/C23H26FNO4/c1-4-14-29-20-11-8-18(15-21(20)27-3)12-13-25-23(26)22(28-5-2)16-17-6-9-19(24)10-7-17/h1,6-11,15,22H,5,12-14,16H2,2-3H3,(H,25,26)/t22-/m0/s1. The molecule has 5 nitrogen and oxygen atoms in total. The van der Waals surface area contributed by atoms with Gasteiger partial charge in [-0.15, -0.1) is 6.42 Å². The monoisotopic (exact) mass is 399 g/mol. The lowest BCUT2D eigenvalue weighted by atomic mass is 10.1. The van der Waals surface area contributed by atoms with E-state index < -0.39 is 6.10 Å². The van der Waals surface area contributed by atoms with Crippen molar-refractivity contribution >= 4 is 5.91 Å². The fraction of sp³-hybridized carbons (Fsp3) is 0.348. The number of carbonyl (C=O) groups excluding carboxylic acids is 1. The Morgan fingerprint density at radius 3 is 2.55 bits per heavy atom. The molecule has 0 aliphatic carbocycles. The van der Waals surface area contributed by atoms with Crippen molar-refractivity contribution in [2.24, 2.45) is 0 Å². The van der Waals surface area contributed by atoms with Crippen LogP contribution in [0.15, 0.2) is 42.5 Å². The van der Waals surface area contributed by atoms with Gasteiger partial charge in [-0.3, -0.25) is 4.79 Å². The maximum atomic E-state index is 13.1. The van der Waals surface area contributed by atoms with E-state index in [9.17, 15) is 9.18 Å². The molecule has 154 valence electrons. The number of carbonyl (C=O) groups is 1. The minimum Gasteiger partial charge on any atom is -0.493 e. The Morgan fingerprint density at radius 2 is 1.90 bits per heavy atom. The van der Waals surface area contributed by atoms with Crippen LogP contribution >= 0.6 is 0 Å². The summed E-state index contributed by atoms with van der Waals surface area (Å²) in [5.41, 5.74) is 1.83. The molecule has 0 aromatic heterocycles. The molecule has 0 aliphatic heterocycles. The fourth-order valence-corrected chi connectivity index (χ4v) is 2.81. The fourth-order valence-electron chi connectivity index (χ4n) is 2.81. The number of ether oxygens (including phenoxy) is 3. The molecule has 0 saturated carbocycles. The summed E-state index contributed by atoms with van der Waals surface area (Å²) >= 11 is 0. The first kappa shape index (κ1) is 22.3. The molecule has 0 aliphatic rings. The van der Waals surface area contributed by atoms with Crippen molar-refractivity contribution < 1.29 is 23.4 Å². The van der Waals surface area contributed by atoms with E-state index in [2.05, 4.69) is 11.2 Å². The van der Waals surface area contributed by atoms with Gasteiger partial charge in [-0.1, -0.05) is 24.1 Å². The lowest BCUT2D eigenvalue weighted by Crippen LogP contribution is -2.38. The van der Waals surface area contributed by atoms with Gasteiger partial charge in [-0.2, -0.15) is 0 Å². The Morgan fingerprint density at radius 1 is 1.17 bits per heavy atom. The number of rotatable bonds is 11. The van der Waals surface area contributed by atoms with Gasteiger partial charge in [0.05, 0.1) is 7.11 Å². The lowest BCUT2D eigenvalue weighted by molar-refractivity contribution is -0.132. The zero-order valence-corrected chi connectivity index (χ0v) is 16.7. The van der Waals surface area contributed by atoms with Crippen molar-refractivity contribution in [3.8, 4) is 23.8 Å². The van der Waals surface area contributed by atoms with E-state index in [-0.39, 0.29) is 18.3 Å². The maximum absolute atomic E-state index is 13.1. The molecule has 0 radical (unpaired) electrons. The highest BCUT2D eigenvalue weighted by Crippen LogP contribution is 2.28. The van der Waals surface area contributed by atoms with Crippen LogP contribution in [0.1, 0.15) is 18.1 Å². The highest BCUT2D eigenvalue weighted by atomic mass is 19.1. The van der Waals surface area contributed by atoms with Crippen LogP contribution < -0.4 is 14.8 Å². The predicted molar refractivity (Wildman–Crippen MR) is 110 cm³/mol. The molecule has 1 amide bonds. The van der Waals surface area contributed by atoms with Gasteiger partial charge in [0.2, 0.25) is 5.91 Å². The zero-order valence-electron chi connectivity index (χ0n) is 16.7. The second kappa shape index (κ2) is 11.7.